The van der Waals surface area contributed by atoms with Gasteiger partial charge in [0.25, 0.3) is 5.91 Å². The van der Waals surface area contributed by atoms with Crippen molar-refractivity contribution in [2.75, 3.05) is 12.4 Å². The number of alkyl halides is 3. The third-order valence-electron chi connectivity index (χ3n) is 9.56. The second-order valence-electron chi connectivity index (χ2n) is 11.7. The first kappa shape index (κ1) is 25.9. The van der Waals surface area contributed by atoms with Crippen LogP contribution in [-0.2, 0) is 4.74 Å². The number of nitrogens with zero attached hydrogens (tertiary/aromatic N) is 2. The van der Waals surface area contributed by atoms with Crippen LogP contribution in [0, 0.1) is 17.8 Å². The van der Waals surface area contributed by atoms with Gasteiger partial charge in [-0.1, -0.05) is 32.1 Å². The Morgan fingerprint density at radius 3 is 2.25 bits per heavy atom. The van der Waals surface area contributed by atoms with Gasteiger partial charge in [-0.15, -0.1) is 0 Å². The maximum absolute atomic E-state index is 14.0. The van der Waals surface area contributed by atoms with E-state index in [1.807, 2.05) is 0 Å². The van der Waals surface area contributed by atoms with E-state index in [-0.39, 0.29) is 47.8 Å². The average Bonchev–Trinajstić information content (AvgIpc) is 3.33. The summed E-state index contributed by atoms with van der Waals surface area (Å²) in [5.74, 6) is 1.62. The van der Waals surface area contributed by atoms with E-state index in [1.165, 1.54) is 38.3 Å². The number of nitrogens with one attached hydrogen (secondary N) is 2. The molecule has 2 N–H and O–H groups in total. The predicted octanol–water partition coefficient (Wildman–Crippen LogP) is 6.24. The zero-order chi connectivity index (χ0) is 25.3. The molecular weight excluding hydrogens is 469 g/mol. The van der Waals surface area contributed by atoms with Gasteiger partial charge in [0.15, 0.2) is 6.04 Å². The van der Waals surface area contributed by atoms with Crippen LogP contribution in [0.25, 0.3) is 0 Å². The minimum Gasteiger partial charge on any atom is -0.381 e. The van der Waals surface area contributed by atoms with Crippen LogP contribution in [0.3, 0.4) is 0 Å². The van der Waals surface area contributed by atoms with E-state index in [4.69, 9.17) is 4.74 Å². The summed E-state index contributed by atoms with van der Waals surface area (Å²) in [6.07, 6.45) is 11.2. The van der Waals surface area contributed by atoms with E-state index < -0.39 is 12.2 Å². The second-order valence-corrected chi connectivity index (χ2v) is 11.7. The van der Waals surface area contributed by atoms with Crippen LogP contribution in [-0.4, -0.2) is 47.2 Å². The number of carbonyl (C=O) groups is 1. The Morgan fingerprint density at radius 1 is 0.972 bits per heavy atom. The highest BCUT2D eigenvalue weighted by molar-refractivity contribution is 5.99. The molecule has 1 aliphatic heterocycles. The smallest absolute Gasteiger partial charge is 0.381 e. The Morgan fingerprint density at radius 2 is 1.61 bits per heavy atom. The Balaban J connectivity index is 1.25. The Bertz CT molecular complexity index is 882. The molecule has 0 saturated heterocycles. The van der Waals surface area contributed by atoms with E-state index in [9.17, 15) is 18.0 Å². The molecule has 2 heterocycles. The van der Waals surface area contributed by atoms with Crippen molar-refractivity contribution >= 4 is 11.7 Å². The molecule has 1 aromatic heterocycles. The highest BCUT2D eigenvalue weighted by Gasteiger charge is 2.48. The van der Waals surface area contributed by atoms with Crippen LogP contribution in [0.4, 0.5) is 19.0 Å². The largest absolute Gasteiger partial charge is 0.410 e. The zero-order valence-corrected chi connectivity index (χ0v) is 21.4. The van der Waals surface area contributed by atoms with Crippen LogP contribution in [0.2, 0.25) is 0 Å². The zero-order valence-electron chi connectivity index (χ0n) is 21.4. The van der Waals surface area contributed by atoms with Gasteiger partial charge >= 0.3 is 6.18 Å². The number of rotatable bonds is 5. The van der Waals surface area contributed by atoms with E-state index in [0.717, 1.165) is 67.9 Å². The lowest BCUT2D eigenvalue weighted by Crippen LogP contribution is -2.44. The van der Waals surface area contributed by atoms with E-state index >= 15 is 0 Å². The number of aromatic nitrogens is 2. The molecule has 0 radical (unpaired) electrons. The molecule has 5 rings (SSSR count). The summed E-state index contributed by atoms with van der Waals surface area (Å²) in [6, 6.07) is -1.97. The first-order chi connectivity index (χ1) is 17.3. The predicted molar refractivity (Wildman–Crippen MR) is 132 cm³/mol. The van der Waals surface area contributed by atoms with Gasteiger partial charge in [-0.25, -0.2) is 4.68 Å². The first-order valence-corrected chi connectivity index (χ1v) is 14.1. The molecule has 36 heavy (non-hydrogen) atoms. The van der Waals surface area contributed by atoms with Crippen LogP contribution in [0.1, 0.15) is 106 Å². The monoisotopic (exact) mass is 510 g/mol. The lowest BCUT2D eigenvalue weighted by atomic mass is 9.72. The third kappa shape index (κ3) is 5.55. The normalized spacial score (nSPS) is 34.0. The summed E-state index contributed by atoms with van der Waals surface area (Å²) < 4.78 is 48.6. The van der Waals surface area contributed by atoms with Gasteiger partial charge in [-0.2, -0.15) is 18.3 Å². The lowest BCUT2D eigenvalue weighted by Gasteiger charge is -2.40. The Hall–Kier alpha value is -1.77. The van der Waals surface area contributed by atoms with Gasteiger partial charge < -0.3 is 15.4 Å². The number of carbonyl (C=O) groups excluding carboxylic acids is 1. The van der Waals surface area contributed by atoms with Crippen molar-refractivity contribution in [2.24, 2.45) is 17.8 Å². The van der Waals surface area contributed by atoms with Gasteiger partial charge in [0.1, 0.15) is 11.4 Å². The van der Waals surface area contributed by atoms with Gasteiger partial charge in [0.2, 0.25) is 0 Å². The molecule has 0 spiro atoms. The fourth-order valence-corrected chi connectivity index (χ4v) is 7.40. The highest BCUT2D eigenvalue weighted by atomic mass is 19.4. The first-order valence-electron chi connectivity index (χ1n) is 14.1. The number of ether oxygens (including phenoxy) is 1. The quantitative estimate of drug-likeness (QED) is 0.492. The van der Waals surface area contributed by atoms with Gasteiger partial charge in [0, 0.05) is 19.2 Å². The maximum atomic E-state index is 14.0. The summed E-state index contributed by atoms with van der Waals surface area (Å²) in [5, 5.41) is 10.5. The van der Waals surface area contributed by atoms with Crippen LogP contribution < -0.4 is 10.6 Å². The second kappa shape index (κ2) is 10.9. The van der Waals surface area contributed by atoms with E-state index in [2.05, 4.69) is 15.7 Å². The molecule has 2 atom stereocenters. The minimum atomic E-state index is -4.42. The fraction of sp³-hybridized carbons (Fsp3) is 0.852. The molecule has 2 unspecified atom stereocenters. The number of amides is 1. The standard InChI is InChI=1S/C27H41F3N4O2/c1-36-21-13-9-19(10-14-21)23-15-24(27(28,29)30)34-25(33-23)22(16-31-34)26(35)32-20-11-7-18(8-12-20)17-5-3-2-4-6-17/h16-21,23-24,33H,2-15H2,1H3,(H,32,35). The van der Waals surface area contributed by atoms with Crippen molar-refractivity contribution in [3.8, 4) is 0 Å². The maximum Gasteiger partial charge on any atom is 0.410 e. The number of halogens is 3. The molecular formula is C27H41F3N4O2. The van der Waals surface area contributed by atoms with Gasteiger partial charge in [-0.3, -0.25) is 4.79 Å². The van der Waals surface area contributed by atoms with Crippen molar-refractivity contribution in [1.82, 2.24) is 15.1 Å². The van der Waals surface area contributed by atoms with Gasteiger partial charge in [-0.05, 0) is 75.5 Å². The van der Waals surface area contributed by atoms with Crippen molar-refractivity contribution in [2.45, 2.75) is 120 Å². The van der Waals surface area contributed by atoms with Gasteiger partial charge in [0.05, 0.1) is 12.3 Å². The lowest BCUT2D eigenvalue weighted by molar-refractivity contribution is -0.174. The average molecular weight is 511 g/mol. The molecule has 0 aromatic carbocycles. The van der Waals surface area contributed by atoms with Crippen molar-refractivity contribution in [3.05, 3.63) is 11.8 Å². The summed E-state index contributed by atoms with van der Waals surface area (Å²) >= 11 is 0. The molecule has 3 fully saturated rings. The number of hydrogen-bond donors (Lipinski definition) is 2. The van der Waals surface area contributed by atoms with Crippen LogP contribution in [0.5, 0.6) is 0 Å². The van der Waals surface area contributed by atoms with Crippen LogP contribution in [0.15, 0.2) is 6.20 Å². The van der Waals surface area contributed by atoms with Crippen LogP contribution >= 0.6 is 0 Å². The molecule has 9 heteroatoms. The number of anilines is 1. The summed E-state index contributed by atoms with van der Waals surface area (Å²) in [7, 11) is 1.69. The minimum absolute atomic E-state index is 0.0628. The highest BCUT2D eigenvalue weighted by Crippen LogP contribution is 2.44. The number of hydrogen-bond acceptors (Lipinski definition) is 4. The Labute approximate surface area is 212 Å². The molecule has 6 nitrogen and oxygen atoms in total. The number of methoxy groups -OCH3 is 1. The molecule has 0 bridgehead atoms. The molecule has 202 valence electrons. The molecule has 1 aromatic rings. The Kier molecular flexibility index (Phi) is 7.84. The van der Waals surface area contributed by atoms with Crippen molar-refractivity contribution in [3.63, 3.8) is 0 Å². The summed E-state index contributed by atoms with van der Waals surface area (Å²) in [6.45, 7) is 0. The fourth-order valence-electron chi connectivity index (χ4n) is 7.40. The van der Waals surface area contributed by atoms with E-state index in [0.29, 0.717) is 0 Å². The summed E-state index contributed by atoms with van der Waals surface area (Å²) in [4.78, 5) is 13.2. The van der Waals surface area contributed by atoms with Crippen molar-refractivity contribution < 1.29 is 22.7 Å². The van der Waals surface area contributed by atoms with E-state index in [1.54, 1.807) is 7.11 Å². The van der Waals surface area contributed by atoms with Crippen molar-refractivity contribution in [1.29, 1.82) is 0 Å². The molecule has 1 amide bonds. The third-order valence-corrected chi connectivity index (χ3v) is 9.56. The molecule has 4 aliphatic rings. The molecule has 3 aliphatic carbocycles. The number of fused-ring (bicyclic) bond motifs is 1. The SMILES string of the molecule is COC1CCC(C2CC(C(F)(F)F)n3ncc(C(=O)NC4CCC(C5CCCCC5)CC4)c3N2)CC1. The molecule has 3 saturated carbocycles. The topological polar surface area (TPSA) is 68.2 Å². The summed E-state index contributed by atoms with van der Waals surface area (Å²) in [5.41, 5.74) is 0.230.